The Balaban J connectivity index is 1.16. The predicted molar refractivity (Wildman–Crippen MR) is 269 cm³/mol. The van der Waals surface area contributed by atoms with E-state index in [-0.39, 0.29) is 0 Å². The highest BCUT2D eigenvalue weighted by Gasteiger charge is 2.44. The van der Waals surface area contributed by atoms with Crippen LogP contribution in [0.1, 0.15) is 0 Å². The van der Waals surface area contributed by atoms with E-state index in [1.165, 1.54) is 58.9 Å². The lowest BCUT2D eigenvalue weighted by Gasteiger charge is -2.34. The van der Waals surface area contributed by atoms with Crippen molar-refractivity contribution in [1.29, 1.82) is 0 Å². The Morgan fingerprint density at radius 3 is 1.02 bits per heavy atom. The van der Waals surface area contributed by atoms with Crippen molar-refractivity contribution in [1.82, 2.24) is 23.7 Å². The molecule has 13 aromatic rings. The molecule has 0 fully saturated rings. The van der Waals surface area contributed by atoms with E-state index < -0.39 is 8.07 Å². The van der Waals surface area contributed by atoms with Crippen LogP contribution in [0.5, 0.6) is 0 Å². The highest BCUT2D eigenvalue weighted by Crippen LogP contribution is 2.35. The van der Waals surface area contributed by atoms with Gasteiger partial charge in [0.15, 0.2) is 0 Å². The van der Waals surface area contributed by atoms with E-state index in [0.717, 1.165) is 38.9 Å². The summed E-state index contributed by atoms with van der Waals surface area (Å²) >= 11 is 0. The lowest BCUT2D eigenvalue weighted by molar-refractivity contribution is 0.959. The number of nitrogens with zero attached hydrogens (tertiary/aromatic N) is 5. The van der Waals surface area contributed by atoms with E-state index in [1.54, 1.807) is 0 Å². The topological polar surface area (TPSA) is 40.6 Å². The van der Waals surface area contributed by atoms with Crippen LogP contribution in [-0.4, -0.2) is 31.7 Å². The van der Waals surface area contributed by atoms with Crippen LogP contribution in [0.15, 0.2) is 237 Å². The highest BCUT2D eigenvalue weighted by molar-refractivity contribution is 7.19. The molecular weight excluding hydrogens is 795 g/mol. The van der Waals surface area contributed by atoms with Crippen molar-refractivity contribution >= 4 is 94.4 Å². The van der Waals surface area contributed by atoms with E-state index in [9.17, 15) is 0 Å². The molecule has 0 aliphatic rings. The molecule has 9 aromatic carbocycles. The van der Waals surface area contributed by atoms with Gasteiger partial charge in [-0.3, -0.25) is 9.13 Å². The van der Waals surface area contributed by atoms with Gasteiger partial charge in [0.2, 0.25) is 14.0 Å². The molecule has 0 spiro atoms. The molecule has 64 heavy (non-hydrogen) atoms. The Bertz CT molecular complexity index is 3570. The third-order valence-corrected chi connectivity index (χ3v) is 17.8. The lowest BCUT2D eigenvalue weighted by Crippen LogP contribution is -2.75. The monoisotopic (exact) mass is 833 g/mol. The van der Waals surface area contributed by atoms with E-state index in [2.05, 4.69) is 250 Å². The first-order valence-electron chi connectivity index (χ1n) is 21.8. The van der Waals surface area contributed by atoms with Crippen LogP contribution in [0, 0.1) is 0 Å². The van der Waals surface area contributed by atoms with Crippen LogP contribution in [0.25, 0.3) is 82.9 Å². The minimum Gasteiger partial charge on any atom is -0.309 e. The summed E-state index contributed by atoms with van der Waals surface area (Å²) in [6.07, 6.45) is 0. The van der Waals surface area contributed by atoms with Gasteiger partial charge in [-0.2, -0.15) is 4.98 Å². The number of aromatic nitrogens is 5. The summed E-state index contributed by atoms with van der Waals surface area (Å²) in [5.74, 6) is 1.46. The van der Waals surface area contributed by atoms with Crippen molar-refractivity contribution in [3.05, 3.63) is 237 Å². The average Bonchev–Trinajstić information content (AvgIpc) is 4.01. The van der Waals surface area contributed by atoms with Crippen LogP contribution >= 0.6 is 0 Å². The summed E-state index contributed by atoms with van der Waals surface area (Å²) in [4.78, 5) is 11.5. The molecule has 0 amide bonds. The molecule has 0 saturated heterocycles. The van der Waals surface area contributed by atoms with Crippen molar-refractivity contribution in [2.24, 2.45) is 0 Å². The van der Waals surface area contributed by atoms with Gasteiger partial charge in [-0.25, -0.2) is 4.98 Å². The van der Waals surface area contributed by atoms with Gasteiger partial charge in [-0.05, 0) is 70.2 Å². The molecule has 6 heteroatoms. The van der Waals surface area contributed by atoms with Gasteiger partial charge in [0.25, 0.3) is 0 Å². The molecule has 0 aliphatic carbocycles. The zero-order valence-corrected chi connectivity index (χ0v) is 35.8. The minimum atomic E-state index is -3.26. The number of rotatable bonds is 7. The number of benzene rings is 9. The second-order valence-corrected chi connectivity index (χ2v) is 20.3. The first-order chi connectivity index (χ1) is 31.8. The molecule has 300 valence electrons. The summed E-state index contributed by atoms with van der Waals surface area (Å²) in [5, 5.41) is 11.9. The molecular formula is C58H39N5Si. The zero-order chi connectivity index (χ0) is 42.2. The number of hydrogen-bond acceptors (Lipinski definition) is 2. The van der Waals surface area contributed by atoms with Crippen LogP contribution in [-0.2, 0) is 0 Å². The largest absolute Gasteiger partial charge is 0.309 e. The van der Waals surface area contributed by atoms with Crippen LogP contribution < -0.4 is 20.9 Å². The normalized spacial score (nSPS) is 12.1. The molecule has 0 atom stereocenters. The lowest BCUT2D eigenvalue weighted by atomic mass is 10.2. The summed E-state index contributed by atoms with van der Waals surface area (Å²) < 4.78 is 7.01. The Hall–Kier alpha value is -8.32. The van der Waals surface area contributed by atoms with Gasteiger partial charge in [-0.15, -0.1) is 0 Å². The SMILES string of the molecule is c1ccc([Si](c2ccccc2)(c2ccc(-n3c4ccccc4c4ccccc43)cc2)c2cc(-n3c4ccccc4c4ccccc43)nc(-n3c4ccccc4c4ccccc43)n2)cc1. The minimum absolute atomic E-state index is 0.636. The van der Waals surface area contributed by atoms with Gasteiger partial charge < -0.3 is 4.57 Å². The van der Waals surface area contributed by atoms with E-state index >= 15 is 0 Å². The fraction of sp³-hybridized carbons (Fsp3) is 0. The molecule has 0 bridgehead atoms. The predicted octanol–water partition coefficient (Wildman–Crippen LogP) is 11.1. The molecule has 0 unspecified atom stereocenters. The molecule has 4 heterocycles. The van der Waals surface area contributed by atoms with Crippen LogP contribution in [0.4, 0.5) is 0 Å². The van der Waals surface area contributed by atoms with Crippen molar-refractivity contribution in [2.45, 2.75) is 0 Å². The van der Waals surface area contributed by atoms with E-state index in [1.807, 2.05) is 0 Å². The molecule has 0 N–H and O–H groups in total. The highest BCUT2D eigenvalue weighted by atomic mass is 28.3. The first-order valence-corrected chi connectivity index (χ1v) is 23.8. The van der Waals surface area contributed by atoms with Crippen molar-refractivity contribution in [2.75, 3.05) is 0 Å². The summed E-state index contributed by atoms with van der Waals surface area (Å²) in [6.45, 7) is 0. The Labute approximate surface area is 370 Å². The molecule has 0 saturated carbocycles. The fourth-order valence-corrected chi connectivity index (χ4v) is 15.1. The zero-order valence-electron chi connectivity index (χ0n) is 34.8. The summed E-state index contributed by atoms with van der Waals surface area (Å²) in [6, 6.07) is 85.9. The molecule has 0 aliphatic heterocycles. The second-order valence-electron chi connectivity index (χ2n) is 16.5. The number of hydrogen-bond donors (Lipinski definition) is 0. The van der Waals surface area contributed by atoms with Gasteiger partial charge >= 0.3 is 0 Å². The molecule has 4 aromatic heterocycles. The van der Waals surface area contributed by atoms with Crippen LogP contribution in [0.3, 0.4) is 0 Å². The van der Waals surface area contributed by atoms with E-state index in [0.29, 0.717) is 5.95 Å². The van der Waals surface area contributed by atoms with Gasteiger partial charge in [-0.1, -0.05) is 182 Å². The Kier molecular flexibility index (Phi) is 8.16. The molecule has 13 rings (SSSR count). The Morgan fingerprint density at radius 2 is 0.609 bits per heavy atom. The fourth-order valence-electron chi connectivity index (χ4n) is 10.5. The third-order valence-electron chi connectivity index (χ3n) is 13.2. The van der Waals surface area contributed by atoms with Gasteiger partial charge in [0.1, 0.15) is 5.82 Å². The van der Waals surface area contributed by atoms with Crippen molar-refractivity contribution in [3.8, 4) is 17.5 Å². The smallest absolute Gasteiger partial charge is 0.236 e. The summed E-state index contributed by atoms with van der Waals surface area (Å²) in [7, 11) is -3.26. The maximum Gasteiger partial charge on any atom is 0.236 e. The number of para-hydroxylation sites is 6. The molecule has 5 nitrogen and oxygen atoms in total. The third kappa shape index (κ3) is 5.30. The van der Waals surface area contributed by atoms with Crippen molar-refractivity contribution < 1.29 is 0 Å². The quantitative estimate of drug-likeness (QED) is 0.119. The van der Waals surface area contributed by atoms with Crippen LogP contribution in [0.2, 0.25) is 0 Å². The maximum atomic E-state index is 5.90. The van der Waals surface area contributed by atoms with Crippen molar-refractivity contribution in [3.63, 3.8) is 0 Å². The standard InChI is InChI=1S/C58H39N5Si/c1-3-19-41(20-4-1)64(42-21-5-2-6-22-42,43-37-35-40(36-38-43)61-50-29-13-7-23-44(50)45-24-8-14-30-51(45)61)57-39-56(62-52-31-15-9-25-46(52)47-26-10-16-32-53(47)62)59-58(60-57)63-54-33-17-11-27-48(54)49-28-12-18-34-55(49)63/h1-39H. The average molecular weight is 834 g/mol. The van der Waals surface area contributed by atoms with E-state index in [4.69, 9.17) is 9.97 Å². The Morgan fingerprint density at radius 1 is 0.281 bits per heavy atom. The first kappa shape index (κ1) is 36.3. The molecule has 0 radical (unpaired) electrons. The van der Waals surface area contributed by atoms with Gasteiger partial charge in [0, 0.05) is 43.3 Å². The van der Waals surface area contributed by atoms with Gasteiger partial charge in [0.05, 0.1) is 33.1 Å². The maximum absolute atomic E-state index is 5.90. The summed E-state index contributed by atoms with van der Waals surface area (Å²) in [5.41, 5.74) is 7.83. The number of fused-ring (bicyclic) bond motifs is 9. The second kappa shape index (κ2) is 14.4.